The Morgan fingerprint density at radius 2 is 2.62 bits per heavy atom. The zero-order chi connectivity index (χ0) is 6.20. The highest BCUT2D eigenvalue weighted by molar-refractivity contribution is 5.12. The average Bonchev–Trinajstić information content (AvgIpc) is 2.44. The van der Waals surface area contributed by atoms with E-state index in [-0.39, 0.29) is 17.9 Å². The molecule has 0 spiro atoms. The van der Waals surface area contributed by atoms with E-state index in [1.165, 1.54) is 0 Å². The fourth-order valence-electron chi connectivity index (χ4n) is 0.856. The Kier molecular flexibility index (Phi) is 1.02. The van der Waals surface area contributed by atoms with Gasteiger partial charge in [0.25, 0.3) is 0 Å². The van der Waals surface area contributed by atoms with Gasteiger partial charge in [-0.3, -0.25) is 0 Å². The van der Waals surface area contributed by atoms with E-state index in [9.17, 15) is 0 Å². The predicted molar refractivity (Wildman–Crippen MR) is 28.9 cm³/mol. The Labute approximate surface area is 48.7 Å². The minimum Gasteiger partial charge on any atom is -0.396 e. The van der Waals surface area contributed by atoms with Gasteiger partial charge in [-0.25, -0.2) is 0 Å². The van der Waals surface area contributed by atoms with Crippen molar-refractivity contribution in [3.05, 3.63) is 0 Å². The van der Waals surface area contributed by atoms with Crippen molar-refractivity contribution in [3.8, 4) is 6.07 Å². The molecule has 1 aliphatic carbocycles. The largest absolute Gasteiger partial charge is 0.396 e. The molecule has 0 aliphatic heterocycles. The fraction of sp³-hybridized carbons (Fsp3) is 0.833. The second-order valence-electron chi connectivity index (χ2n) is 2.61. The summed E-state index contributed by atoms with van der Waals surface area (Å²) >= 11 is 0. The Morgan fingerprint density at radius 1 is 2.00 bits per heavy atom. The van der Waals surface area contributed by atoms with Crippen LogP contribution in [-0.2, 0) is 0 Å². The molecule has 1 fully saturated rings. The summed E-state index contributed by atoms with van der Waals surface area (Å²) in [5, 5.41) is 16.9. The summed E-state index contributed by atoms with van der Waals surface area (Å²) in [5.41, 5.74) is -0.186. The number of hydrogen-bond donors (Lipinski definition) is 1. The molecule has 0 bridgehead atoms. The maximum Gasteiger partial charge on any atom is 0.0690 e. The molecule has 1 saturated carbocycles. The van der Waals surface area contributed by atoms with Gasteiger partial charge in [0.2, 0.25) is 0 Å². The van der Waals surface area contributed by atoms with Crippen LogP contribution < -0.4 is 0 Å². The predicted octanol–water partition coefficient (Wildman–Crippen LogP) is 0.528. The summed E-state index contributed by atoms with van der Waals surface area (Å²) in [6.07, 6.45) is 0.875. The van der Waals surface area contributed by atoms with Crippen LogP contribution in [0.3, 0.4) is 0 Å². The molecule has 44 valence electrons. The molecular formula is C6H9NO. The van der Waals surface area contributed by atoms with Crippen molar-refractivity contribution in [3.63, 3.8) is 0 Å². The molecule has 0 amide bonds. The number of aliphatic hydroxyl groups excluding tert-OH is 1. The molecule has 0 aromatic rings. The first-order valence-electron chi connectivity index (χ1n) is 2.75. The second-order valence-corrected chi connectivity index (χ2v) is 2.61. The van der Waals surface area contributed by atoms with Gasteiger partial charge in [-0.1, -0.05) is 0 Å². The molecule has 2 nitrogen and oxygen atoms in total. The summed E-state index contributed by atoms with van der Waals surface area (Å²) < 4.78 is 0. The topological polar surface area (TPSA) is 44.0 Å². The van der Waals surface area contributed by atoms with Crippen LogP contribution in [0.15, 0.2) is 0 Å². The third-order valence-electron chi connectivity index (χ3n) is 1.89. The van der Waals surface area contributed by atoms with Crippen molar-refractivity contribution in [2.45, 2.75) is 13.3 Å². The quantitative estimate of drug-likeness (QED) is 0.536. The average molecular weight is 111 g/mol. The van der Waals surface area contributed by atoms with Gasteiger partial charge in [-0.05, 0) is 13.3 Å². The summed E-state index contributed by atoms with van der Waals surface area (Å²) in [6.45, 7) is 2.05. The van der Waals surface area contributed by atoms with Gasteiger partial charge in [0.15, 0.2) is 0 Å². The molecule has 1 rings (SSSR count). The molecule has 0 aromatic carbocycles. The van der Waals surface area contributed by atoms with Crippen molar-refractivity contribution in [1.29, 1.82) is 5.26 Å². The van der Waals surface area contributed by atoms with Crippen molar-refractivity contribution in [2.24, 2.45) is 11.3 Å². The third kappa shape index (κ3) is 0.597. The first-order valence-corrected chi connectivity index (χ1v) is 2.75. The van der Waals surface area contributed by atoms with E-state index in [2.05, 4.69) is 6.07 Å². The van der Waals surface area contributed by atoms with Crippen molar-refractivity contribution in [2.75, 3.05) is 6.61 Å². The van der Waals surface area contributed by atoms with Gasteiger partial charge >= 0.3 is 0 Å². The lowest BCUT2D eigenvalue weighted by atomic mass is 10.1. The highest BCUT2D eigenvalue weighted by Gasteiger charge is 2.49. The number of hydrogen-bond acceptors (Lipinski definition) is 2. The van der Waals surface area contributed by atoms with E-state index < -0.39 is 0 Å². The van der Waals surface area contributed by atoms with Crippen LogP contribution in [0.4, 0.5) is 0 Å². The SMILES string of the molecule is C[C@]1(C#N)CC1CO. The van der Waals surface area contributed by atoms with E-state index in [0.717, 1.165) is 6.42 Å². The summed E-state index contributed by atoms with van der Waals surface area (Å²) in [4.78, 5) is 0. The van der Waals surface area contributed by atoms with Gasteiger partial charge in [0, 0.05) is 12.5 Å². The van der Waals surface area contributed by atoms with Crippen molar-refractivity contribution >= 4 is 0 Å². The Morgan fingerprint density at radius 3 is 2.75 bits per heavy atom. The Hall–Kier alpha value is -0.550. The van der Waals surface area contributed by atoms with Crippen LogP contribution in [0, 0.1) is 22.7 Å². The molecule has 1 aliphatic rings. The third-order valence-corrected chi connectivity index (χ3v) is 1.89. The van der Waals surface area contributed by atoms with Gasteiger partial charge in [0.1, 0.15) is 0 Å². The number of nitrogens with zero attached hydrogens (tertiary/aromatic N) is 1. The van der Waals surface area contributed by atoms with Crippen molar-refractivity contribution < 1.29 is 5.11 Å². The van der Waals surface area contributed by atoms with Gasteiger partial charge in [-0.2, -0.15) is 5.26 Å². The summed E-state index contributed by atoms with van der Waals surface area (Å²) in [7, 11) is 0. The molecule has 0 saturated heterocycles. The summed E-state index contributed by atoms with van der Waals surface area (Å²) in [5.74, 6) is 0.257. The zero-order valence-electron chi connectivity index (χ0n) is 4.89. The van der Waals surface area contributed by atoms with E-state index in [1.54, 1.807) is 0 Å². The van der Waals surface area contributed by atoms with Gasteiger partial charge in [-0.15, -0.1) is 0 Å². The van der Waals surface area contributed by atoms with Crippen LogP contribution in [0.25, 0.3) is 0 Å². The lowest BCUT2D eigenvalue weighted by Gasteiger charge is -1.92. The minimum absolute atomic E-state index is 0.171. The van der Waals surface area contributed by atoms with Gasteiger partial charge in [0.05, 0.1) is 11.5 Å². The molecule has 0 heterocycles. The van der Waals surface area contributed by atoms with Gasteiger partial charge < -0.3 is 5.11 Å². The van der Waals surface area contributed by atoms with Crippen LogP contribution in [0.5, 0.6) is 0 Å². The van der Waals surface area contributed by atoms with E-state index in [1.807, 2.05) is 6.92 Å². The van der Waals surface area contributed by atoms with E-state index in [0.29, 0.717) is 0 Å². The van der Waals surface area contributed by atoms with Crippen LogP contribution >= 0.6 is 0 Å². The molecule has 0 radical (unpaired) electrons. The highest BCUT2D eigenvalue weighted by Crippen LogP contribution is 2.50. The van der Waals surface area contributed by atoms with Crippen LogP contribution in [0.2, 0.25) is 0 Å². The maximum atomic E-state index is 8.52. The standard InChI is InChI=1S/C6H9NO/c1-6(4-7)2-5(6)3-8/h5,8H,2-3H2,1H3/t5?,6-/m1/s1. The zero-order valence-corrected chi connectivity index (χ0v) is 4.89. The smallest absolute Gasteiger partial charge is 0.0690 e. The number of aliphatic hydroxyl groups is 1. The first-order chi connectivity index (χ1) is 3.73. The Balaban J connectivity index is 2.46. The molecule has 1 N–H and O–H groups in total. The number of nitriles is 1. The monoisotopic (exact) mass is 111 g/mol. The molecule has 0 aromatic heterocycles. The van der Waals surface area contributed by atoms with E-state index in [4.69, 9.17) is 10.4 Å². The van der Waals surface area contributed by atoms with Crippen LogP contribution in [-0.4, -0.2) is 11.7 Å². The molecular weight excluding hydrogens is 102 g/mol. The first kappa shape index (κ1) is 5.58. The fourth-order valence-corrected chi connectivity index (χ4v) is 0.856. The second kappa shape index (κ2) is 1.46. The normalized spacial score (nSPS) is 43.4. The number of rotatable bonds is 1. The molecule has 1 unspecified atom stereocenters. The lowest BCUT2D eigenvalue weighted by molar-refractivity contribution is 0.263. The van der Waals surface area contributed by atoms with E-state index >= 15 is 0 Å². The van der Waals surface area contributed by atoms with Crippen molar-refractivity contribution in [1.82, 2.24) is 0 Å². The molecule has 8 heavy (non-hydrogen) atoms. The van der Waals surface area contributed by atoms with Crippen LogP contribution in [0.1, 0.15) is 13.3 Å². The minimum atomic E-state index is -0.186. The lowest BCUT2D eigenvalue weighted by Crippen LogP contribution is -1.96. The highest BCUT2D eigenvalue weighted by atomic mass is 16.3. The Bertz CT molecular complexity index is 138. The summed E-state index contributed by atoms with van der Waals surface area (Å²) in [6, 6.07) is 2.16. The maximum absolute atomic E-state index is 8.52. The molecule has 2 heteroatoms. The molecule has 2 atom stereocenters.